The van der Waals surface area contributed by atoms with Crippen molar-refractivity contribution in [2.75, 3.05) is 0 Å². The van der Waals surface area contributed by atoms with E-state index in [1.807, 2.05) is 0 Å². The molecule has 10 unspecified atom stereocenters. The van der Waals surface area contributed by atoms with Crippen LogP contribution in [0, 0.1) is 119 Å². The molecular formula is C134H291N3O13. The number of benzene rings is 2. The van der Waals surface area contributed by atoms with E-state index in [-0.39, 0.29) is 261 Å². The third kappa shape index (κ3) is 99.6. The summed E-state index contributed by atoms with van der Waals surface area (Å²) >= 11 is 0. The second-order valence-electron chi connectivity index (χ2n) is 54.1. The monoisotopic (exact) mass is 2150 g/mol. The van der Waals surface area contributed by atoms with E-state index < -0.39 is 46.1 Å². The van der Waals surface area contributed by atoms with E-state index in [9.17, 15) is 43.2 Å². The maximum absolute atomic E-state index is 12.4. The van der Waals surface area contributed by atoms with Crippen molar-refractivity contribution in [2.45, 2.75) is 610 Å². The second kappa shape index (κ2) is 87.6. The summed E-state index contributed by atoms with van der Waals surface area (Å²) in [5.41, 5.74) is 4.14. The fourth-order valence-corrected chi connectivity index (χ4v) is 14.5. The van der Waals surface area contributed by atoms with Gasteiger partial charge in [-0.15, -0.1) is 13.2 Å². The number of nitrogens with zero attached hydrogens (tertiary/aromatic N) is 3. The average molecular weight is 2150 g/mol. The van der Waals surface area contributed by atoms with Crippen molar-refractivity contribution >= 4 is 35.8 Å². The lowest BCUT2D eigenvalue weighted by molar-refractivity contribution is -0.175. The average Bonchev–Trinajstić information content (AvgIpc) is 1.57. The molecule has 1 aromatic heterocycles. The smallest absolute Gasteiger partial charge is 0.336 e. The van der Waals surface area contributed by atoms with Gasteiger partial charge < -0.3 is 18.9 Å². The molecule has 0 radical (unpaired) electrons. The van der Waals surface area contributed by atoms with Gasteiger partial charge in [-0.3, -0.25) is 28.8 Å². The standard InChI is InChI=1S/C18H34O4.C16H25N3O3.2C13H18O3.2C10H14.6C5H12.24CH4/c1-16(2,3)12-10-11-13(14(19)21-17(4,5)6)15(20)22-18(7,8)9;1-6-10-17-13(20)18(11-7-2)15(22)19(14(17)21)12-8-9-16(3,4)5;2*1-13(2,3)8-5-6-4-7(8)10-9(6)11(14)16-12(10)15;2*1-10(2,3)9-7-5-4-6-8-9;6*1-5(2,3)4;;;;;;;;;;;;;;;;;;;;;;;;/h13H,10-12H2,1-9H3;6-7H,1-2,8-12H2,3-5H3;2*6-10H,4-5H2,1-3H3;2*4-8H,1-3H3;6*1-4H3;24*1H4. The van der Waals surface area contributed by atoms with Gasteiger partial charge in [0.15, 0.2) is 5.92 Å². The van der Waals surface area contributed by atoms with Gasteiger partial charge in [-0.05, 0) is 205 Å². The second-order valence-corrected chi connectivity index (χ2v) is 54.1. The van der Waals surface area contributed by atoms with Gasteiger partial charge in [-0.1, -0.05) is 548 Å². The van der Waals surface area contributed by atoms with E-state index in [0.29, 0.717) is 98.2 Å². The number of rotatable bonds is 12. The molecule has 2 aromatic carbocycles. The molecule has 16 nitrogen and oxygen atoms in total. The number of fused-ring (bicyclic) bond motifs is 10. The van der Waals surface area contributed by atoms with Crippen LogP contribution in [0.2, 0.25) is 0 Å². The molecule has 3 aromatic rings. The zero-order valence-electron chi connectivity index (χ0n) is 90.3. The molecule has 0 N–H and O–H groups in total. The first kappa shape index (κ1) is 215. The molecule has 3 heterocycles. The van der Waals surface area contributed by atoms with Crippen LogP contribution in [0.3, 0.4) is 0 Å². The molecule has 10 atom stereocenters. The van der Waals surface area contributed by atoms with Crippen LogP contribution in [0.4, 0.5) is 0 Å². The van der Waals surface area contributed by atoms with Crippen LogP contribution in [0.15, 0.2) is 100 Å². The van der Waals surface area contributed by atoms with Gasteiger partial charge in [0.05, 0.1) is 36.8 Å². The quantitative estimate of drug-likeness (QED) is 0.0717. The molecule has 6 aliphatic rings. The summed E-state index contributed by atoms with van der Waals surface area (Å²) in [6.45, 7) is 110. The summed E-state index contributed by atoms with van der Waals surface area (Å²) in [7, 11) is 0. The molecule has 9 rings (SSSR count). The van der Waals surface area contributed by atoms with Gasteiger partial charge in [0.1, 0.15) is 11.2 Å². The molecule has 4 aliphatic carbocycles. The maximum atomic E-state index is 12.4. The number of esters is 6. The molecule has 0 spiro atoms. The minimum atomic E-state index is -0.846. The molecule has 150 heavy (non-hydrogen) atoms. The summed E-state index contributed by atoms with van der Waals surface area (Å²) in [6, 6.07) is 21.1. The van der Waals surface area contributed by atoms with Crippen LogP contribution >= 0.6 is 0 Å². The Hall–Kier alpha value is -6.45. The number of hydrogen-bond acceptors (Lipinski definition) is 13. The predicted molar refractivity (Wildman–Crippen MR) is 694 cm³/mol. The molecule has 0 amide bonds. The fourth-order valence-electron chi connectivity index (χ4n) is 14.5. The predicted octanol–water partition coefficient (Wildman–Crippen LogP) is 43.4. The lowest BCUT2D eigenvalue weighted by Crippen LogP contribution is -2.54. The van der Waals surface area contributed by atoms with E-state index in [1.54, 1.807) is 41.5 Å². The molecule has 920 valence electrons. The Bertz CT molecular complexity index is 3630. The van der Waals surface area contributed by atoms with Crippen LogP contribution < -0.4 is 17.1 Å². The van der Waals surface area contributed by atoms with Crippen molar-refractivity contribution in [3.63, 3.8) is 0 Å². The van der Waals surface area contributed by atoms with Crippen LogP contribution in [-0.4, -0.2) is 60.7 Å². The number of aromatic nitrogens is 3. The fraction of sp³-hybridized carbons (Fsp3) is 0.813. The van der Waals surface area contributed by atoms with Gasteiger partial charge in [0.2, 0.25) is 0 Å². The first-order valence-corrected chi connectivity index (χ1v) is 47.1. The van der Waals surface area contributed by atoms with Crippen LogP contribution in [0.5, 0.6) is 0 Å². The van der Waals surface area contributed by atoms with E-state index in [2.05, 4.69) is 365 Å². The van der Waals surface area contributed by atoms with E-state index in [0.717, 1.165) is 58.6 Å². The molecule has 2 saturated heterocycles. The summed E-state index contributed by atoms with van der Waals surface area (Å²) in [5.74, 6) is -0.573. The lowest BCUT2D eigenvalue weighted by Gasteiger charge is -2.37. The molecule has 6 fully saturated rings. The van der Waals surface area contributed by atoms with Crippen molar-refractivity contribution in [3.05, 3.63) is 129 Å². The van der Waals surface area contributed by atoms with Gasteiger partial charge in [-0.2, -0.15) is 0 Å². The van der Waals surface area contributed by atoms with Crippen LogP contribution in [0.1, 0.15) is 579 Å². The lowest BCUT2D eigenvalue weighted by atomic mass is 9.66. The Balaban J connectivity index is -0.0000000449. The number of allylic oxidation sites excluding steroid dienone is 2. The first-order valence-electron chi connectivity index (χ1n) is 47.1. The van der Waals surface area contributed by atoms with Crippen molar-refractivity contribution in [3.8, 4) is 0 Å². The van der Waals surface area contributed by atoms with Gasteiger partial charge in [0, 0.05) is 6.54 Å². The Morgan fingerprint density at radius 2 is 0.507 bits per heavy atom. The first-order chi connectivity index (χ1) is 55.8. The third-order valence-corrected chi connectivity index (χ3v) is 19.1. The van der Waals surface area contributed by atoms with Crippen molar-refractivity contribution in [2.24, 2.45) is 119 Å². The summed E-state index contributed by atoms with van der Waals surface area (Å²) in [6.07, 6.45) is 11.0. The minimum Gasteiger partial charge on any atom is -0.459 e. The number of carbonyl (C=O) groups excluding carboxylic acids is 6. The van der Waals surface area contributed by atoms with Crippen molar-refractivity contribution in [1.82, 2.24) is 13.7 Å². The summed E-state index contributed by atoms with van der Waals surface area (Å²) in [4.78, 5) is 108. The largest absolute Gasteiger partial charge is 0.459 e. The highest BCUT2D eigenvalue weighted by molar-refractivity contribution is 5.98. The van der Waals surface area contributed by atoms with E-state index in [4.69, 9.17) is 18.9 Å². The number of ether oxygens (including phenoxy) is 4. The molecule has 16 heteroatoms. The molecule has 2 aliphatic heterocycles. The molecule has 4 saturated carbocycles. The summed E-state index contributed by atoms with van der Waals surface area (Å²) in [5, 5.41) is 0. The molecular weight excluding hydrogens is 1860 g/mol. The zero-order chi connectivity index (χ0) is 100. The minimum absolute atomic E-state index is 0. The number of hydrogen-bond donors (Lipinski definition) is 0. The maximum Gasteiger partial charge on any atom is 0.336 e. The Morgan fingerprint density at radius 1 is 0.307 bits per heavy atom. The Kier molecular flexibility index (Phi) is 125. The van der Waals surface area contributed by atoms with Crippen LogP contribution in [0.25, 0.3) is 0 Å². The SMILES string of the molecule is C.C.C.C.C.C.C.C.C.C.C.C.C.C.C.C.C.C.C.C.C.C.C.C.C=CCn1c(=O)n(CC=C)c(=O)n(CCCC(C)(C)C)c1=O.CC(C)(C)C.CC(C)(C)C.CC(C)(C)C.CC(C)(C)C.CC(C)(C)C.CC(C)(C)C.CC(C)(C)C1CC2CC1C1C(=O)OC(=O)C21.CC(C)(C)C1CC2CC1C1C(=O)OC(=O)C21.CC(C)(C)CCCC(C(=O)OC(C)(C)C)C(=O)OC(C)(C)C.CC(C)(C)c1ccccc1.CC(C)(C)c1ccccc1. The third-order valence-electron chi connectivity index (χ3n) is 19.1. The van der Waals surface area contributed by atoms with Gasteiger partial charge >= 0.3 is 52.9 Å². The zero-order valence-corrected chi connectivity index (χ0v) is 90.3. The van der Waals surface area contributed by atoms with Crippen molar-refractivity contribution in [1.29, 1.82) is 0 Å². The molecule has 4 bridgehead atoms. The number of cyclic esters (lactones) is 4. The van der Waals surface area contributed by atoms with Gasteiger partial charge in [-0.25, -0.2) is 28.1 Å². The Labute approximate surface area is 949 Å². The van der Waals surface area contributed by atoms with Crippen molar-refractivity contribution < 1.29 is 47.7 Å². The highest BCUT2D eigenvalue weighted by atomic mass is 16.6. The highest BCUT2D eigenvalue weighted by Gasteiger charge is 2.65. The topological polar surface area (TPSA) is 205 Å². The normalized spacial score (nSPS) is 17.4. The highest BCUT2D eigenvalue weighted by Crippen LogP contribution is 2.63. The van der Waals surface area contributed by atoms with E-state index >= 15 is 0 Å². The Morgan fingerprint density at radius 3 is 0.687 bits per heavy atom. The summed E-state index contributed by atoms with van der Waals surface area (Å²) < 4.78 is 23.5. The van der Waals surface area contributed by atoms with E-state index in [1.165, 1.54) is 23.3 Å². The number of carbonyl (C=O) groups is 6. The van der Waals surface area contributed by atoms with Crippen LogP contribution in [-0.2, 0) is 78.2 Å². The van der Waals surface area contributed by atoms with Gasteiger partial charge in [0.25, 0.3) is 0 Å².